The normalized spacial score (nSPS) is 13.7. The monoisotopic (exact) mass is 1110 g/mol. The zero-order chi connectivity index (χ0) is 55.4. The third-order valence-electron chi connectivity index (χ3n) is 13.6. The van der Waals surface area contributed by atoms with E-state index < -0.39 is 40.5 Å². The summed E-state index contributed by atoms with van der Waals surface area (Å²) >= 11 is 0. The molecule has 0 heterocycles. The van der Waals surface area contributed by atoms with Crippen LogP contribution < -0.4 is 0 Å². The highest BCUT2D eigenvalue weighted by molar-refractivity contribution is 7.87. The summed E-state index contributed by atoms with van der Waals surface area (Å²) in [6.45, 7) is 17.9. The summed E-state index contributed by atoms with van der Waals surface area (Å²) in [5, 5.41) is 0. The first kappa shape index (κ1) is 78.1. The van der Waals surface area contributed by atoms with E-state index in [2.05, 4.69) is 72.1 Å². The Balaban J connectivity index is -0.000000429. The molecule has 16 heteroatoms. The maximum atomic E-state index is 11.2. The van der Waals surface area contributed by atoms with E-state index >= 15 is 0 Å². The van der Waals surface area contributed by atoms with Crippen molar-refractivity contribution in [3.8, 4) is 0 Å². The lowest BCUT2D eigenvalue weighted by atomic mass is 9.96. The predicted octanol–water partition coefficient (Wildman–Crippen LogP) is 16.5. The second-order valence-corrected chi connectivity index (χ2v) is 28.4. The number of hydrogen-bond donors (Lipinski definition) is 0. The second kappa shape index (κ2) is 54.0. The van der Waals surface area contributed by atoms with Gasteiger partial charge in [-0.3, -0.25) is 16.7 Å². The highest BCUT2D eigenvalue weighted by Crippen LogP contribution is 2.20. The van der Waals surface area contributed by atoms with Gasteiger partial charge in [-0.15, -0.1) is 0 Å². The van der Waals surface area contributed by atoms with Gasteiger partial charge in [-0.1, -0.05) is 261 Å². The van der Waals surface area contributed by atoms with E-state index in [1.165, 1.54) is 195 Å². The van der Waals surface area contributed by atoms with E-state index in [4.69, 9.17) is 0 Å². The minimum atomic E-state index is -3.26. The van der Waals surface area contributed by atoms with Crippen LogP contribution in [0.15, 0.2) is 0 Å². The zero-order valence-corrected chi connectivity index (χ0v) is 52.4. The number of hydrogen-bond acceptors (Lipinski definition) is 12. The van der Waals surface area contributed by atoms with Gasteiger partial charge in [0.15, 0.2) is 0 Å². The quantitative estimate of drug-likeness (QED) is 0.0417. The van der Waals surface area contributed by atoms with Gasteiger partial charge in [-0.2, -0.15) is 33.7 Å². The Bertz CT molecular complexity index is 1560. The average Bonchev–Trinajstić information content (AvgIpc) is 3.34. The van der Waals surface area contributed by atoms with Crippen LogP contribution in [-0.2, 0) is 57.2 Å². The minimum absolute atomic E-state index is 0.153. The van der Waals surface area contributed by atoms with Crippen molar-refractivity contribution in [1.82, 2.24) is 0 Å². The second-order valence-electron chi connectivity index (χ2n) is 20.9. The molecule has 0 aromatic heterocycles. The van der Waals surface area contributed by atoms with E-state index in [9.17, 15) is 33.7 Å². The first-order valence-corrected chi connectivity index (χ1v) is 35.5. The standard InChI is InChI=1S/2C15H32O3S.2C13H28O3S/c1-4-5-9-12-15(2)13-10-7-6-8-11-14-19(16,17)18-3;1-4-5-6-7-8-9-10-11-12-15(2)13-14-19(16,17)18-3;1-4-10-13(2)11-8-6-5-7-9-12-17(14,15)16-3;1-4-5-6-7-8-9-10-13(2)11-12-17(14,15)16-3/h2*15H,4-14H2,1-3H3;2*13H,4-12H2,1-3H3. The molecule has 0 amide bonds. The molecule has 4 unspecified atom stereocenters. The summed E-state index contributed by atoms with van der Waals surface area (Å²) < 4.78 is 107. The van der Waals surface area contributed by atoms with Gasteiger partial charge in [0.25, 0.3) is 40.5 Å². The van der Waals surface area contributed by atoms with Crippen LogP contribution in [0.25, 0.3) is 0 Å². The van der Waals surface area contributed by atoms with Crippen LogP contribution in [0.5, 0.6) is 0 Å². The van der Waals surface area contributed by atoms with Crippen LogP contribution in [0.3, 0.4) is 0 Å². The van der Waals surface area contributed by atoms with Gasteiger partial charge in [0, 0.05) is 0 Å². The molecule has 0 saturated carbocycles. The van der Waals surface area contributed by atoms with Gasteiger partial charge in [0.05, 0.1) is 51.5 Å². The first-order chi connectivity index (χ1) is 34.1. The van der Waals surface area contributed by atoms with Crippen LogP contribution in [0, 0.1) is 23.7 Å². The largest absolute Gasteiger partial charge is 0.273 e. The first-order valence-electron chi connectivity index (χ1n) is 29.2. The van der Waals surface area contributed by atoms with Gasteiger partial charge in [-0.05, 0) is 49.4 Å². The Labute approximate surface area is 450 Å². The van der Waals surface area contributed by atoms with Gasteiger partial charge < -0.3 is 0 Å². The molecule has 0 saturated heterocycles. The van der Waals surface area contributed by atoms with Crippen LogP contribution in [0.4, 0.5) is 0 Å². The van der Waals surface area contributed by atoms with Crippen molar-refractivity contribution >= 4 is 40.5 Å². The third kappa shape index (κ3) is 63.9. The molecular formula is C56H120O12S4. The van der Waals surface area contributed by atoms with E-state index in [-0.39, 0.29) is 23.0 Å². The smallest absolute Gasteiger partial charge is 0.267 e. The zero-order valence-electron chi connectivity index (χ0n) is 49.1. The summed E-state index contributed by atoms with van der Waals surface area (Å²) in [4.78, 5) is 0. The highest BCUT2D eigenvalue weighted by Gasteiger charge is 2.13. The van der Waals surface area contributed by atoms with Crippen molar-refractivity contribution in [2.45, 2.75) is 287 Å². The SMILES string of the molecule is CCCC(C)CCCCCCCS(=O)(=O)OC.CCCCCC(C)CCCCCCCS(=O)(=O)OC.CCCCCCCCC(C)CCS(=O)(=O)OC.CCCCCCCCCCC(C)CCS(=O)(=O)OC. The Morgan fingerprint density at radius 1 is 0.236 bits per heavy atom. The summed E-state index contributed by atoms with van der Waals surface area (Å²) in [6.07, 6.45) is 43.4. The molecule has 0 aliphatic heterocycles. The molecular weight excluding hydrogens is 993 g/mol. The van der Waals surface area contributed by atoms with Crippen molar-refractivity contribution in [3.05, 3.63) is 0 Å². The molecule has 0 aromatic carbocycles. The number of unbranched alkanes of at least 4 members (excludes halogenated alkanes) is 22. The maximum Gasteiger partial charge on any atom is 0.267 e. The minimum Gasteiger partial charge on any atom is -0.273 e. The molecule has 0 aliphatic carbocycles. The number of rotatable bonds is 48. The van der Waals surface area contributed by atoms with Crippen LogP contribution >= 0.6 is 0 Å². The summed E-state index contributed by atoms with van der Waals surface area (Å²) in [6, 6.07) is 0. The molecule has 0 radical (unpaired) electrons. The predicted molar refractivity (Wildman–Crippen MR) is 309 cm³/mol. The van der Waals surface area contributed by atoms with Gasteiger partial charge in [0.1, 0.15) is 0 Å². The fraction of sp³-hybridized carbons (Fsp3) is 1.00. The van der Waals surface area contributed by atoms with Gasteiger partial charge in [0.2, 0.25) is 0 Å². The molecule has 0 aromatic rings. The third-order valence-corrected chi connectivity index (χ3v) is 18.7. The molecule has 0 aliphatic rings. The van der Waals surface area contributed by atoms with Crippen molar-refractivity contribution in [2.75, 3.05) is 51.5 Å². The average molecular weight is 1110 g/mol. The summed E-state index contributed by atoms with van der Waals surface area (Å²) in [7, 11) is -8.07. The van der Waals surface area contributed by atoms with E-state index in [0.29, 0.717) is 24.7 Å². The molecule has 0 rings (SSSR count). The molecule has 72 heavy (non-hydrogen) atoms. The fourth-order valence-electron chi connectivity index (χ4n) is 8.34. The molecule has 0 bridgehead atoms. The molecule has 440 valence electrons. The Kier molecular flexibility index (Phi) is 58.6. The molecule has 0 fully saturated rings. The molecule has 12 nitrogen and oxygen atoms in total. The van der Waals surface area contributed by atoms with Crippen LogP contribution in [-0.4, -0.2) is 85.1 Å². The molecule has 0 spiro atoms. The Morgan fingerprint density at radius 2 is 0.431 bits per heavy atom. The topological polar surface area (TPSA) is 173 Å². The Morgan fingerprint density at radius 3 is 0.694 bits per heavy atom. The van der Waals surface area contributed by atoms with Gasteiger partial charge >= 0.3 is 0 Å². The molecule has 4 atom stereocenters. The van der Waals surface area contributed by atoms with Crippen molar-refractivity contribution < 1.29 is 50.4 Å². The molecule has 0 N–H and O–H groups in total. The van der Waals surface area contributed by atoms with E-state index in [1.807, 2.05) is 0 Å². The van der Waals surface area contributed by atoms with Crippen LogP contribution in [0.2, 0.25) is 0 Å². The van der Waals surface area contributed by atoms with Crippen molar-refractivity contribution in [3.63, 3.8) is 0 Å². The van der Waals surface area contributed by atoms with Crippen molar-refractivity contribution in [2.24, 2.45) is 23.7 Å². The summed E-state index contributed by atoms with van der Waals surface area (Å²) in [5.74, 6) is 3.28. The lowest BCUT2D eigenvalue weighted by molar-refractivity contribution is 0.388. The fourth-order valence-corrected chi connectivity index (χ4v) is 11.5. The van der Waals surface area contributed by atoms with E-state index in [0.717, 1.165) is 63.2 Å². The summed E-state index contributed by atoms with van der Waals surface area (Å²) in [5.41, 5.74) is 0. The van der Waals surface area contributed by atoms with Crippen molar-refractivity contribution in [1.29, 1.82) is 0 Å². The highest BCUT2D eigenvalue weighted by atomic mass is 32.2. The van der Waals surface area contributed by atoms with Crippen LogP contribution in [0.1, 0.15) is 287 Å². The lowest BCUT2D eigenvalue weighted by Gasteiger charge is -2.10. The maximum absolute atomic E-state index is 11.2. The van der Waals surface area contributed by atoms with E-state index in [1.54, 1.807) is 0 Å². The Hall–Kier alpha value is -0.360. The lowest BCUT2D eigenvalue weighted by Crippen LogP contribution is -2.11. The van der Waals surface area contributed by atoms with Gasteiger partial charge in [-0.25, -0.2) is 0 Å².